The van der Waals surface area contributed by atoms with Gasteiger partial charge in [0, 0.05) is 105 Å². The van der Waals surface area contributed by atoms with Crippen molar-refractivity contribution in [3.8, 4) is 0 Å². The van der Waals surface area contributed by atoms with Gasteiger partial charge in [-0.25, -0.2) is 0 Å². The summed E-state index contributed by atoms with van der Waals surface area (Å²) in [6, 6.07) is -4.41. The van der Waals surface area contributed by atoms with Crippen molar-refractivity contribution in [2.75, 3.05) is 65.8 Å². The fourth-order valence-electron chi connectivity index (χ4n) is 11.1. The summed E-state index contributed by atoms with van der Waals surface area (Å²) >= 11 is 0. The van der Waals surface area contributed by atoms with Crippen LogP contribution in [-0.2, 0) is 71.6 Å². The Labute approximate surface area is 556 Å². The monoisotopic (exact) mass is 1360 g/mol. The van der Waals surface area contributed by atoms with Gasteiger partial charge in [0.15, 0.2) is 24.7 Å². The standard InChI is InChI=1S/C63H112N8O24/c1-5-6-14-27-64-47(79)23-8-7-15-30-67-60(89)41(21-9-16-28-65-48(80)24-11-18-31-90-61-51(68-38(2)75)57(86)54(83)44(35-72)93-61)34-43(78)42(71-50(82)26-13-20-33-92-63-53(70-40(4)77)59(88)56(85)46(37-74)95-63)22-10-17-29-66-49(81)25-12-19-32-91-62-52(69-39(3)76)58(87)55(84)45(36-73)94-62/h41-42,44-46,51-59,61-63,72-74,83-88H,5-37H2,1-4H3,(H,64,79)(H,65,80)(H,66,81)(H,67,89)(H,68,75)(H,69,76)(H,70,77)(H,71,82). The van der Waals surface area contributed by atoms with Gasteiger partial charge in [-0.1, -0.05) is 32.6 Å². The van der Waals surface area contributed by atoms with Crippen molar-refractivity contribution < 1.29 is 118 Å². The molecule has 17 atom stereocenters. The number of Topliss-reactive ketones (excluding diaryl/α,β-unsaturated/α-hetero) is 1. The SMILES string of the molecule is CCCCCNC(=O)CCCCCNC(=O)C(CCCCNC(=O)CCCCOC1OC(CO)C(O)C(O)C1NC(C)=O)CC(=O)C(CCCCNC(=O)CCCCOC1OC(CO)C(O)C(O)C1NC(C)=O)NC(=O)CCCCOC1OC(CO)C(O)C(O)C1NC(C)=O. The van der Waals surface area contributed by atoms with Crippen LogP contribution in [0.1, 0.15) is 175 Å². The molecule has 0 saturated carbocycles. The van der Waals surface area contributed by atoms with E-state index in [4.69, 9.17) is 28.4 Å². The molecule has 3 heterocycles. The van der Waals surface area contributed by atoms with Gasteiger partial charge < -0.3 is 117 Å². The van der Waals surface area contributed by atoms with Crippen molar-refractivity contribution in [1.29, 1.82) is 0 Å². The first-order valence-electron chi connectivity index (χ1n) is 33.9. The third-order valence-corrected chi connectivity index (χ3v) is 16.6. The van der Waals surface area contributed by atoms with E-state index in [1.54, 1.807) is 0 Å². The number of unbranched alkanes of at least 4 members (excludes halogenated alkanes) is 9. The van der Waals surface area contributed by atoms with Crippen LogP contribution in [0, 0.1) is 5.92 Å². The van der Waals surface area contributed by atoms with Crippen molar-refractivity contribution in [2.45, 2.75) is 273 Å². The molecule has 0 aromatic rings. The average molecular weight is 1370 g/mol. The van der Waals surface area contributed by atoms with Gasteiger partial charge in [-0.05, 0) is 89.9 Å². The molecule has 3 rings (SSSR count). The third kappa shape index (κ3) is 32.4. The van der Waals surface area contributed by atoms with Crippen LogP contribution in [0.3, 0.4) is 0 Å². The van der Waals surface area contributed by atoms with E-state index in [-0.39, 0.29) is 114 Å². The number of nitrogens with one attached hydrogen (secondary N) is 8. The number of aliphatic hydroxyl groups excluding tert-OH is 9. The molecule has 548 valence electrons. The van der Waals surface area contributed by atoms with Crippen LogP contribution in [0.4, 0.5) is 0 Å². The van der Waals surface area contributed by atoms with Gasteiger partial charge in [-0.2, -0.15) is 0 Å². The fourth-order valence-corrected chi connectivity index (χ4v) is 11.1. The summed E-state index contributed by atoms with van der Waals surface area (Å²) in [6.07, 6.45) is -6.74. The lowest BCUT2D eigenvalue weighted by Gasteiger charge is -2.42. The summed E-state index contributed by atoms with van der Waals surface area (Å²) < 4.78 is 34.1. The Hall–Kier alpha value is -5.17. The molecule has 0 spiro atoms. The Morgan fingerprint density at radius 2 is 0.737 bits per heavy atom. The van der Waals surface area contributed by atoms with Crippen molar-refractivity contribution in [2.24, 2.45) is 5.92 Å². The number of hydrogen-bond acceptors (Lipinski definition) is 24. The number of amides is 8. The highest BCUT2D eigenvalue weighted by atomic mass is 16.7. The van der Waals surface area contributed by atoms with Crippen LogP contribution in [0.5, 0.6) is 0 Å². The van der Waals surface area contributed by atoms with Gasteiger partial charge in [-0.15, -0.1) is 0 Å². The number of hydrogen-bond donors (Lipinski definition) is 17. The zero-order valence-corrected chi connectivity index (χ0v) is 55.8. The van der Waals surface area contributed by atoms with E-state index in [2.05, 4.69) is 49.5 Å². The fraction of sp³-hybridized carbons (Fsp3) is 0.857. The Bertz CT molecular complexity index is 2280. The van der Waals surface area contributed by atoms with E-state index in [9.17, 15) is 89.1 Å². The molecule has 32 nitrogen and oxygen atoms in total. The minimum absolute atomic E-state index is 0.0202. The van der Waals surface area contributed by atoms with Gasteiger partial charge in [-0.3, -0.25) is 43.2 Å². The highest BCUT2D eigenvalue weighted by Gasteiger charge is 2.48. The average Bonchev–Trinajstić information content (AvgIpc) is 1.52. The van der Waals surface area contributed by atoms with Gasteiger partial charge in [0.1, 0.15) is 73.1 Å². The van der Waals surface area contributed by atoms with E-state index in [0.29, 0.717) is 83.6 Å². The van der Waals surface area contributed by atoms with Crippen LogP contribution in [0.15, 0.2) is 0 Å². The molecule has 3 aliphatic heterocycles. The van der Waals surface area contributed by atoms with E-state index in [1.165, 1.54) is 20.8 Å². The molecule has 17 unspecified atom stereocenters. The summed E-state index contributed by atoms with van der Waals surface area (Å²) in [5.74, 6) is -4.17. The molecule has 0 bridgehead atoms. The minimum Gasteiger partial charge on any atom is -0.394 e. The first-order valence-corrected chi connectivity index (χ1v) is 33.9. The van der Waals surface area contributed by atoms with Gasteiger partial charge in [0.25, 0.3) is 0 Å². The Kier molecular flexibility index (Phi) is 42.2. The molecule has 3 aliphatic rings. The first-order chi connectivity index (χ1) is 45.5. The molecule has 3 fully saturated rings. The Morgan fingerprint density at radius 3 is 1.11 bits per heavy atom. The van der Waals surface area contributed by atoms with Gasteiger partial charge >= 0.3 is 0 Å². The molecule has 95 heavy (non-hydrogen) atoms. The minimum atomic E-state index is -1.52. The second-order valence-corrected chi connectivity index (χ2v) is 24.6. The number of carbonyl (C=O) groups excluding carboxylic acids is 9. The lowest BCUT2D eigenvalue weighted by atomic mass is 9.91. The van der Waals surface area contributed by atoms with Crippen LogP contribution in [0.2, 0.25) is 0 Å². The maximum absolute atomic E-state index is 14.4. The van der Waals surface area contributed by atoms with E-state index in [0.717, 1.165) is 19.3 Å². The summed E-state index contributed by atoms with van der Waals surface area (Å²) in [5, 5.41) is 113. The van der Waals surface area contributed by atoms with Crippen molar-refractivity contribution in [1.82, 2.24) is 42.5 Å². The molecule has 0 aromatic heterocycles. The number of carbonyl (C=O) groups is 9. The molecule has 17 N–H and O–H groups in total. The van der Waals surface area contributed by atoms with Crippen molar-refractivity contribution in [3.63, 3.8) is 0 Å². The second-order valence-electron chi connectivity index (χ2n) is 24.6. The number of aliphatic hydroxyl groups is 9. The van der Waals surface area contributed by atoms with Crippen molar-refractivity contribution >= 4 is 53.0 Å². The normalized spacial score (nSPS) is 26.5. The lowest BCUT2D eigenvalue weighted by Crippen LogP contribution is -2.64. The Morgan fingerprint density at radius 1 is 0.400 bits per heavy atom. The predicted molar refractivity (Wildman–Crippen MR) is 338 cm³/mol. The molecular weight excluding hydrogens is 1250 g/mol. The maximum atomic E-state index is 14.4. The van der Waals surface area contributed by atoms with Crippen LogP contribution >= 0.6 is 0 Å². The predicted octanol–water partition coefficient (Wildman–Crippen LogP) is -3.01. The van der Waals surface area contributed by atoms with Gasteiger partial charge in [0.2, 0.25) is 47.3 Å². The molecule has 8 amide bonds. The molecule has 0 aromatic carbocycles. The quantitative estimate of drug-likeness (QED) is 0.0270. The lowest BCUT2D eigenvalue weighted by molar-refractivity contribution is -0.270. The smallest absolute Gasteiger partial charge is 0.223 e. The highest BCUT2D eigenvalue weighted by Crippen LogP contribution is 2.26. The van der Waals surface area contributed by atoms with Crippen LogP contribution < -0.4 is 42.5 Å². The van der Waals surface area contributed by atoms with Crippen LogP contribution in [0.25, 0.3) is 0 Å². The topological polar surface area (TPSA) is 487 Å². The molecule has 3 saturated heterocycles. The summed E-state index contributed by atoms with van der Waals surface area (Å²) in [5.41, 5.74) is 0. The Balaban J connectivity index is 1.63. The summed E-state index contributed by atoms with van der Waals surface area (Å²) in [4.78, 5) is 116. The van der Waals surface area contributed by atoms with Crippen molar-refractivity contribution in [3.05, 3.63) is 0 Å². The maximum Gasteiger partial charge on any atom is 0.223 e. The highest BCUT2D eigenvalue weighted by molar-refractivity contribution is 5.92. The van der Waals surface area contributed by atoms with E-state index < -0.39 is 153 Å². The molecular formula is C63H112N8O24. The summed E-state index contributed by atoms with van der Waals surface area (Å²) in [6.45, 7) is 5.40. The zero-order chi connectivity index (χ0) is 70.2. The zero-order valence-electron chi connectivity index (χ0n) is 55.8. The number of ketones is 1. The largest absolute Gasteiger partial charge is 0.394 e. The van der Waals surface area contributed by atoms with E-state index >= 15 is 0 Å². The molecule has 0 radical (unpaired) electrons. The molecule has 0 aliphatic carbocycles. The first kappa shape index (κ1) is 84.1. The number of ether oxygens (including phenoxy) is 6. The second kappa shape index (κ2) is 47.7. The summed E-state index contributed by atoms with van der Waals surface area (Å²) in [7, 11) is 0. The van der Waals surface area contributed by atoms with Crippen LogP contribution in [-0.4, -0.2) is 263 Å². The number of rotatable bonds is 49. The van der Waals surface area contributed by atoms with Gasteiger partial charge in [0.05, 0.1) is 25.9 Å². The molecule has 32 heteroatoms. The van der Waals surface area contributed by atoms with E-state index in [1.807, 2.05) is 0 Å². The third-order valence-electron chi connectivity index (χ3n) is 16.6.